The van der Waals surface area contributed by atoms with E-state index < -0.39 is 0 Å². The van der Waals surface area contributed by atoms with Gasteiger partial charge in [-0.2, -0.15) is 0 Å². The second-order valence-electron chi connectivity index (χ2n) is 5.12. The molecular formula is C18H18N4. The van der Waals surface area contributed by atoms with E-state index >= 15 is 0 Å². The Hall–Kier alpha value is -2.88. The molecule has 0 aliphatic rings. The molecule has 110 valence electrons. The van der Waals surface area contributed by atoms with Gasteiger partial charge in [-0.05, 0) is 30.2 Å². The molecule has 0 aliphatic heterocycles. The lowest BCUT2D eigenvalue weighted by Crippen LogP contribution is -2.03. The number of hydrogen-bond donors (Lipinski definition) is 2. The molecule has 3 rings (SSSR count). The van der Waals surface area contributed by atoms with Gasteiger partial charge in [0, 0.05) is 18.3 Å². The third-order valence-electron chi connectivity index (χ3n) is 3.27. The first-order chi connectivity index (χ1) is 10.8. The lowest BCUT2D eigenvalue weighted by Gasteiger charge is -2.09. The van der Waals surface area contributed by atoms with Crippen LogP contribution in [0.3, 0.4) is 0 Å². The van der Waals surface area contributed by atoms with Crippen LogP contribution in [0.4, 0.5) is 17.3 Å². The molecule has 1 heterocycles. The molecule has 0 radical (unpaired) electrons. The van der Waals surface area contributed by atoms with Crippen LogP contribution in [0.1, 0.15) is 11.1 Å². The fraction of sp³-hybridized carbons (Fsp3) is 0.111. The van der Waals surface area contributed by atoms with Gasteiger partial charge in [-0.15, -0.1) is 0 Å². The highest BCUT2D eigenvalue weighted by atomic mass is 15.1. The molecule has 4 heteroatoms. The van der Waals surface area contributed by atoms with E-state index in [1.807, 2.05) is 36.4 Å². The van der Waals surface area contributed by atoms with Gasteiger partial charge in [-0.25, -0.2) is 9.97 Å². The molecule has 0 spiro atoms. The monoisotopic (exact) mass is 290 g/mol. The summed E-state index contributed by atoms with van der Waals surface area (Å²) in [6, 6.07) is 20.3. The minimum Gasteiger partial charge on any atom is -0.366 e. The van der Waals surface area contributed by atoms with Crippen LogP contribution in [0.5, 0.6) is 0 Å². The second kappa shape index (κ2) is 6.72. The van der Waals surface area contributed by atoms with E-state index in [4.69, 9.17) is 0 Å². The Morgan fingerprint density at radius 1 is 0.864 bits per heavy atom. The summed E-state index contributed by atoms with van der Waals surface area (Å²) in [5.41, 5.74) is 3.45. The molecule has 2 N–H and O–H groups in total. The van der Waals surface area contributed by atoms with Crippen LogP contribution in [0, 0.1) is 6.92 Å². The molecule has 0 atom stereocenters. The molecular weight excluding hydrogens is 272 g/mol. The van der Waals surface area contributed by atoms with Crippen LogP contribution >= 0.6 is 0 Å². The first-order valence-electron chi connectivity index (χ1n) is 7.23. The molecule has 0 amide bonds. The fourth-order valence-corrected chi connectivity index (χ4v) is 2.18. The summed E-state index contributed by atoms with van der Waals surface area (Å²) in [6.45, 7) is 2.81. The van der Waals surface area contributed by atoms with Crippen LogP contribution in [0.25, 0.3) is 0 Å². The van der Waals surface area contributed by atoms with Gasteiger partial charge < -0.3 is 10.6 Å². The first-order valence-corrected chi connectivity index (χ1v) is 7.23. The Kier molecular flexibility index (Phi) is 4.30. The van der Waals surface area contributed by atoms with E-state index in [-0.39, 0.29) is 0 Å². The van der Waals surface area contributed by atoms with Gasteiger partial charge in [0.1, 0.15) is 18.0 Å². The van der Waals surface area contributed by atoms with Crippen LogP contribution < -0.4 is 10.6 Å². The lowest BCUT2D eigenvalue weighted by molar-refractivity contribution is 1.08. The zero-order valence-electron chi connectivity index (χ0n) is 12.5. The fourth-order valence-electron chi connectivity index (χ4n) is 2.18. The van der Waals surface area contributed by atoms with Crippen molar-refractivity contribution in [1.29, 1.82) is 0 Å². The number of benzene rings is 2. The molecule has 0 bridgehead atoms. The van der Waals surface area contributed by atoms with Crippen molar-refractivity contribution < 1.29 is 0 Å². The smallest absolute Gasteiger partial charge is 0.135 e. The average Bonchev–Trinajstić information content (AvgIpc) is 2.54. The van der Waals surface area contributed by atoms with Gasteiger partial charge in [-0.3, -0.25) is 0 Å². The highest BCUT2D eigenvalue weighted by molar-refractivity contribution is 5.59. The number of anilines is 3. The predicted octanol–water partition coefficient (Wildman–Crippen LogP) is 4.14. The normalized spacial score (nSPS) is 10.2. The third-order valence-corrected chi connectivity index (χ3v) is 3.27. The van der Waals surface area contributed by atoms with Gasteiger partial charge in [0.2, 0.25) is 0 Å². The van der Waals surface area contributed by atoms with Gasteiger partial charge >= 0.3 is 0 Å². The van der Waals surface area contributed by atoms with Crippen LogP contribution in [-0.4, -0.2) is 9.97 Å². The quantitative estimate of drug-likeness (QED) is 0.741. The summed E-state index contributed by atoms with van der Waals surface area (Å²) >= 11 is 0. The Morgan fingerprint density at radius 2 is 1.68 bits per heavy atom. The molecule has 3 aromatic rings. The maximum atomic E-state index is 4.26. The van der Waals surface area contributed by atoms with Crippen molar-refractivity contribution in [2.75, 3.05) is 10.6 Å². The molecule has 22 heavy (non-hydrogen) atoms. The molecule has 0 fully saturated rings. The minimum absolute atomic E-state index is 0.738. The van der Waals surface area contributed by atoms with Crippen LogP contribution in [0.15, 0.2) is 67.0 Å². The van der Waals surface area contributed by atoms with Gasteiger partial charge in [0.05, 0.1) is 0 Å². The highest BCUT2D eigenvalue weighted by Gasteiger charge is 2.00. The maximum absolute atomic E-state index is 4.26. The van der Waals surface area contributed by atoms with Crippen molar-refractivity contribution in [3.8, 4) is 0 Å². The molecule has 1 aromatic heterocycles. The number of aryl methyl sites for hydroxylation is 1. The van der Waals surface area contributed by atoms with Crippen molar-refractivity contribution in [2.24, 2.45) is 0 Å². The van der Waals surface area contributed by atoms with Crippen molar-refractivity contribution in [3.05, 3.63) is 78.1 Å². The van der Waals surface area contributed by atoms with Crippen LogP contribution in [0.2, 0.25) is 0 Å². The van der Waals surface area contributed by atoms with Gasteiger partial charge in [0.15, 0.2) is 0 Å². The Labute approximate surface area is 130 Å². The van der Waals surface area contributed by atoms with E-state index in [9.17, 15) is 0 Å². The zero-order chi connectivity index (χ0) is 15.2. The average molecular weight is 290 g/mol. The van der Waals surface area contributed by atoms with Gasteiger partial charge in [-0.1, -0.05) is 42.5 Å². The number of nitrogens with zero attached hydrogens (tertiary/aromatic N) is 2. The maximum Gasteiger partial charge on any atom is 0.135 e. The minimum atomic E-state index is 0.738. The van der Waals surface area contributed by atoms with E-state index in [2.05, 4.69) is 51.8 Å². The standard InChI is InChI=1S/C18H18N4/c1-14-6-5-9-16(10-14)22-18-11-17(20-13-21-18)19-12-15-7-3-2-4-8-15/h2-11,13H,12H2,1H3,(H2,19,20,21,22). The lowest BCUT2D eigenvalue weighted by atomic mass is 10.2. The summed E-state index contributed by atoms with van der Waals surface area (Å²) in [5.74, 6) is 1.57. The number of rotatable bonds is 5. The number of aromatic nitrogens is 2. The molecule has 2 aromatic carbocycles. The molecule has 4 nitrogen and oxygen atoms in total. The van der Waals surface area contributed by atoms with E-state index in [0.717, 1.165) is 23.9 Å². The summed E-state index contributed by atoms with van der Waals surface area (Å²) in [5, 5.41) is 6.60. The molecule has 0 unspecified atom stereocenters. The van der Waals surface area contributed by atoms with E-state index in [1.54, 1.807) is 6.33 Å². The number of nitrogens with one attached hydrogen (secondary N) is 2. The van der Waals surface area contributed by atoms with Crippen molar-refractivity contribution in [3.63, 3.8) is 0 Å². The third kappa shape index (κ3) is 3.82. The molecule has 0 aliphatic carbocycles. The van der Waals surface area contributed by atoms with Crippen molar-refractivity contribution in [2.45, 2.75) is 13.5 Å². The van der Waals surface area contributed by atoms with Crippen molar-refractivity contribution >= 4 is 17.3 Å². The number of hydrogen-bond acceptors (Lipinski definition) is 4. The summed E-state index contributed by atoms with van der Waals surface area (Å²) in [6.07, 6.45) is 1.56. The Bertz CT molecular complexity index is 741. The summed E-state index contributed by atoms with van der Waals surface area (Å²) < 4.78 is 0. The highest BCUT2D eigenvalue weighted by Crippen LogP contribution is 2.17. The topological polar surface area (TPSA) is 49.8 Å². The van der Waals surface area contributed by atoms with Gasteiger partial charge in [0.25, 0.3) is 0 Å². The Balaban J connectivity index is 1.67. The van der Waals surface area contributed by atoms with Crippen molar-refractivity contribution in [1.82, 2.24) is 9.97 Å². The SMILES string of the molecule is Cc1cccc(Nc2cc(NCc3ccccc3)ncn2)c1. The first kappa shape index (κ1) is 14.1. The Morgan fingerprint density at radius 3 is 2.50 bits per heavy atom. The molecule has 0 saturated heterocycles. The largest absolute Gasteiger partial charge is 0.366 e. The summed E-state index contributed by atoms with van der Waals surface area (Å²) in [4.78, 5) is 8.51. The summed E-state index contributed by atoms with van der Waals surface area (Å²) in [7, 11) is 0. The predicted molar refractivity (Wildman–Crippen MR) is 90.3 cm³/mol. The van der Waals surface area contributed by atoms with Crippen LogP contribution in [-0.2, 0) is 6.54 Å². The second-order valence-corrected chi connectivity index (χ2v) is 5.12. The zero-order valence-corrected chi connectivity index (χ0v) is 12.5. The van der Waals surface area contributed by atoms with E-state index in [0.29, 0.717) is 0 Å². The van der Waals surface area contributed by atoms with E-state index in [1.165, 1.54) is 11.1 Å². The molecule has 0 saturated carbocycles.